The van der Waals surface area contributed by atoms with Gasteiger partial charge >= 0.3 is 0 Å². The van der Waals surface area contributed by atoms with Crippen molar-refractivity contribution in [3.05, 3.63) is 59.7 Å². The highest BCUT2D eigenvalue weighted by molar-refractivity contribution is 7.90. The molecule has 2 aromatic rings. The summed E-state index contributed by atoms with van der Waals surface area (Å²) in [5, 5.41) is 11.8. The zero-order chi connectivity index (χ0) is 24.6. The van der Waals surface area contributed by atoms with E-state index in [0.717, 1.165) is 24.8 Å². The van der Waals surface area contributed by atoms with Gasteiger partial charge in [0.15, 0.2) is 0 Å². The number of carbonyl (C=O) groups is 1. The van der Waals surface area contributed by atoms with Crippen LogP contribution in [0.5, 0.6) is 0 Å². The molecule has 2 N–H and O–H groups in total. The summed E-state index contributed by atoms with van der Waals surface area (Å²) in [7, 11) is -3.78. The lowest BCUT2D eigenvalue weighted by molar-refractivity contribution is -0.117. The van der Waals surface area contributed by atoms with E-state index in [-0.39, 0.29) is 23.4 Å². The highest BCUT2D eigenvalue weighted by Crippen LogP contribution is 2.21. The Balaban J connectivity index is 1.65. The summed E-state index contributed by atoms with van der Waals surface area (Å²) < 4.78 is 28.3. The maximum Gasteiger partial charge on any atom is 0.262 e. The lowest BCUT2D eigenvalue weighted by atomic mass is 10.0. The number of likely N-dealkylation sites (N-methyl/N-ethyl adjacent to an activating group) is 1. The minimum atomic E-state index is -3.78. The summed E-state index contributed by atoms with van der Waals surface area (Å²) in [6, 6.07) is 15.6. The molecule has 1 aliphatic heterocycles. The number of anilines is 1. The molecule has 3 rings (SSSR count). The number of hydrogen-bond acceptors (Lipinski definition) is 6. The van der Waals surface area contributed by atoms with Crippen LogP contribution in [0.1, 0.15) is 56.7 Å². The number of amides is 1. The monoisotopic (exact) mass is 481 g/mol. The van der Waals surface area contributed by atoms with Crippen LogP contribution in [0.4, 0.5) is 5.69 Å². The second-order valence-electron chi connectivity index (χ2n) is 8.29. The number of nitrogens with zero attached hydrogens (tertiary/aromatic N) is 3. The molecule has 1 atom stereocenters. The number of amidine groups is 1. The summed E-state index contributed by atoms with van der Waals surface area (Å²) in [4.78, 5) is 19.2. The number of nitrogens with one attached hydrogen (secondary N) is 2. The predicted molar refractivity (Wildman–Crippen MR) is 133 cm³/mol. The summed E-state index contributed by atoms with van der Waals surface area (Å²) in [5.74, 6) is 0.250. The quantitative estimate of drug-likeness (QED) is 0.595. The van der Waals surface area contributed by atoms with Crippen LogP contribution in [0.25, 0.3) is 0 Å². The van der Waals surface area contributed by atoms with E-state index in [1.165, 1.54) is 12.1 Å². The van der Waals surface area contributed by atoms with Gasteiger partial charge in [-0.05, 0) is 62.2 Å². The molecule has 0 bridgehead atoms. The summed E-state index contributed by atoms with van der Waals surface area (Å²) in [5.41, 5.74) is 2.01. The third-order valence-electron chi connectivity index (χ3n) is 5.88. The molecule has 8 nitrogen and oxygen atoms in total. The molecule has 0 aromatic heterocycles. The molecule has 34 heavy (non-hydrogen) atoms. The fourth-order valence-corrected chi connectivity index (χ4v) is 5.00. The van der Waals surface area contributed by atoms with Gasteiger partial charge in [0, 0.05) is 24.7 Å². The van der Waals surface area contributed by atoms with Crippen LogP contribution in [0.15, 0.2) is 58.4 Å². The van der Waals surface area contributed by atoms with Gasteiger partial charge < -0.3 is 5.32 Å². The number of benzene rings is 2. The van der Waals surface area contributed by atoms with Crippen LogP contribution >= 0.6 is 0 Å². The second kappa shape index (κ2) is 11.8. The first kappa shape index (κ1) is 25.4. The van der Waals surface area contributed by atoms with Crippen molar-refractivity contribution < 1.29 is 13.2 Å². The smallest absolute Gasteiger partial charge is 0.262 e. The highest BCUT2D eigenvalue weighted by atomic mass is 32.2. The van der Waals surface area contributed by atoms with E-state index in [9.17, 15) is 13.2 Å². The van der Waals surface area contributed by atoms with Crippen molar-refractivity contribution >= 4 is 27.5 Å². The maximum absolute atomic E-state index is 12.8. The Labute approximate surface area is 201 Å². The summed E-state index contributed by atoms with van der Waals surface area (Å²) >= 11 is 0. The van der Waals surface area contributed by atoms with Gasteiger partial charge in [-0.2, -0.15) is 5.26 Å². The van der Waals surface area contributed by atoms with Crippen LogP contribution in [-0.4, -0.2) is 44.7 Å². The van der Waals surface area contributed by atoms with Crippen molar-refractivity contribution in [2.24, 2.45) is 4.99 Å². The Hall–Kier alpha value is -3.22. The molecule has 0 aliphatic carbocycles. The molecule has 0 saturated heterocycles. The van der Waals surface area contributed by atoms with Crippen LogP contribution < -0.4 is 10.0 Å². The van der Waals surface area contributed by atoms with Gasteiger partial charge in [0.25, 0.3) is 10.0 Å². The Morgan fingerprint density at radius 3 is 2.65 bits per heavy atom. The van der Waals surface area contributed by atoms with Crippen molar-refractivity contribution in [2.75, 3.05) is 25.0 Å². The number of aliphatic imine (C=N–C) groups is 1. The third kappa shape index (κ3) is 6.89. The number of carbonyl (C=O) groups excluding carboxylic acids is 1. The molecular formula is C25H31N5O3S. The maximum atomic E-state index is 12.8. The number of sulfonamides is 1. The third-order valence-corrected chi connectivity index (χ3v) is 7.26. The van der Waals surface area contributed by atoms with Gasteiger partial charge in [0.2, 0.25) is 5.91 Å². The first-order valence-electron chi connectivity index (χ1n) is 11.5. The first-order chi connectivity index (χ1) is 16.3. The van der Waals surface area contributed by atoms with Gasteiger partial charge in [-0.15, -0.1) is 0 Å². The molecule has 1 aliphatic rings. The van der Waals surface area contributed by atoms with E-state index in [0.29, 0.717) is 36.6 Å². The van der Waals surface area contributed by atoms with Gasteiger partial charge in [0.05, 0.1) is 23.1 Å². The average molecular weight is 482 g/mol. The van der Waals surface area contributed by atoms with Crippen LogP contribution in [0.2, 0.25) is 0 Å². The van der Waals surface area contributed by atoms with Crippen LogP contribution in [0.3, 0.4) is 0 Å². The Morgan fingerprint density at radius 2 is 1.94 bits per heavy atom. The fourth-order valence-electron chi connectivity index (χ4n) is 3.87. The van der Waals surface area contributed by atoms with Crippen molar-refractivity contribution in [1.82, 2.24) is 9.62 Å². The molecule has 9 heteroatoms. The molecule has 2 aromatic carbocycles. The van der Waals surface area contributed by atoms with Crippen LogP contribution in [-0.2, 0) is 14.8 Å². The molecule has 1 unspecified atom stereocenters. The standard InChI is InChI=1S/C25H31N5O3S/c1-3-30(19(2)21-13-11-20(17-26)12-14-21)18-25(31)28-22-8-7-9-23(16-22)34(32,33)29-24-10-5-4-6-15-27-24/h7-9,11-14,16,19H,3-6,10,15,18H2,1-2H3,(H,27,29)(H,28,31). The SMILES string of the molecule is CCN(CC(=O)Nc1cccc(S(=O)(=O)NC2=NCCCCC2)c1)C(C)c1ccc(C#N)cc1. The molecule has 180 valence electrons. The molecule has 0 fully saturated rings. The topological polar surface area (TPSA) is 115 Å². The average Bonchev–Trinajstić information content (AvgIpc) is 3.10. The van der Waals surface area contributed by atoms with E-state index in [2.05, 4.69) is 21.1 Å². The van der Waals surface area contributed by atoms with Crippen molar-refractivity contribution in [1.29, 1.82) is 5.26 Å². The molecule has 0 radical (unpaired) electrons. The molecule has 1 heterocycles. The summed E-state index contributed by atoms with van der Waals surface area (Å²) in [6.07, 6.45) is 3.52. The van der Waals surface area contributed by atoms with Crippen molar-refractivity contribution in [3.8, 4) is 6.07 Å². The Kier molecular flexibility index (Phi) is 8.79. The van der Waals surface area contributed by atoms with Crippen molar-refractivity contribution in [3.63, 3.8) is 0 Å². The number of rotatable bonds is 8. The molecular weight excluding hydrogens is 450 g/mol. The normalized spacial score (nSPS) is 15.1. The van der Waals surface area contributed by atoms with Crippen molar-refractivity contribution in [2.45, 2.75) is 50.5 Å². The molecule has 0 saturated carbocycles. The Bertz CT molecular complexity index is 1170. The molecule has 1 amide bonds. The zero-order valence-electron chi connectivity index (χ0n) is 19.6. The van der Waals surface area contributed by atoms with E-state index in [1.54, 1.807) is 24.3 Å². The van der Waals surface area contributed by atoms with Gasteiger partial charge in [-0.3, -0.25) is 19.4 Å². The minimum absolute atomic E-state index is 0.0280. The molecule has 0 spiro atoms. The second-order valence-corrected chi connectivity index (χ2v) is 9.98. The summed E-state index contributed by atoms with van der Waals surface area (Å²) in [6.45, 7) is 5.40. The van der Waals surface area contributed by atoms with Gasteiger partial charge in [0.1, 0.15) is 5.84 Å². The van der Waals surface area contributed by atoms with Gasteiger partial charge in [-0.25, -0.2) is 8.42 Å². The number of hydrogen-bond donors (Lipinski definition) is 2. The fraction of sp³-hybridized carbons (Fsp3) is 0.400. The zero-order valence-corrected chi connectivity index (χ0v) is 20.4. The van der Waals surface area contributed by atoms with E-state index < -0.39 is 10.0 Å². The van der Waals surface area contributed by atoms with E-state index in [1.807, 2.05) is 30.9 Å². The highest BCUT2D eigenvalue weighted by Gasteiger charge is 2.20. The first-order valence-corrected chi connectivity index (χ1v) is 13.0. The number of nitriles is 1. The lowest BCUT2D eigenvalue weighted by Gasteiger charge is -2.27. The van der Waals surface area contributed by atoms with E-state index in [4.69, 9.17) is 5.26 Å². The minimum Gasteiger partial charge on any atom is -0.325 e. The van der Waals surface area contributed by atoms with Gasteiger partial charge in [-0.1, -0.05) is 31.5 Å². The largest absolute Gasteiger partial charge is 0.325 e. The van der Waals surface area contributed by atoms with E-state index >= 15 is 0 Å². The predicted octanol–water partition coefficient (Wildman–Crippen LogP) is 3.83. The lowest BCUT2D eigenvalue weighted by Crippen LogP contribution is -2.35. The van der Waals surface area contributed by atoms with Crippen LogP contribution in [0, 0.1) is 11.3 Å². The Morgan fingerprint density at radius 1 is 1.18 bits per heavy atom.